The normalized spacial score (nSPS) is 39.2. The Bertz CT molecular complexity index is 855. The Kier molecular flexibility index (Phi) is 2.33. The van der Waals surface area contributed by atoms with Crippen molar-refractivity contribution in [1.29, 1.82) is 0 Å². The van der Waals surface area contributed by atoms with Crippen LogP contribution in [0.2, 0.25) is 5.28 Å². The molecule has 5 atom stereocenters. The zero-order valence-electron chi connectivity index (χ0n) is 12.2. The van der Waals surface area contributed by atoms with Gasteiger partial charge in [0, 0.05) is 13.1 Å². The largest absolute Gasteiger partial charge is 0.390 e. The Balaban J connectivity index is 1.74. The van der Waals surface area contributed by atoms with E-state index in [1.165, 1.54) is 0 Å². The van der Waals surface area contributed by atoms with Crippen LogP contribution in [0.4, 0.5) is 0 Å². The first kappa shape index (κ1) is 13.1. The lowest BCUT2D eigenvalue weighted by atomic mass is 9.76. The van der Waals surface area contributed by atoms with Gasteiger partial charge in [0.2, 0.25) is 5.28 Å². The highest BCUT2D eigenvalue weighted by molar-refractivity contribution is 6.28. The van der Waals surface area contributed by atoms with Gasteiger partial charge in [-0.3, -0.25) is 9.13 Å². The minimum Gasteiger partial charge on any atom is -0.390 e. The summed E-state index contributed by atoms with van der Waals surface area (Å²) in [5.74, 6) is 1.27. The summed E-state index contributed by atoms with van der Waals surface area (Å²) < 4.78 is 3.42. The van der Waals surface area contributed by atoms with Crippen molar-refractivity contribution >= 4 is 22.8 Å². The van der Waals surface area contributed by atoms with E-state index in [4.69, 9.17) is 11.6 Å². The lowest BCUT2D eigenvalue weighted by Crippen LogP contribution is -2.40. The van der Waals surface area contributed by atoms with Gasteiger partial charge in [-0.15, -0.1) is 0 Å². The number of imidazole rings is 1. The van der Waals surface area contributed by atoms with Crippen molar-refractivity contribution in [3.63, 3.8) is 0 Å². The first-order valence-corrected chi connectivity index (χ1v) is 8.16. The highest BCUT2D eigenvalue weighted by Gasteiger charge is 2.61. The molecule has 116 valence electrons. The van der Waals surface area contributed by atoms with Crippen LogP contribution in [0.5, 0.6) is 0 Å². The van der Waals surface area contributed by atoms with Gasteiger partial charge in [-0.05, 0) is 55.0 Å². The Morgan fingerprint density at radius 3 is 2.91 bits per heavy atom. The molecule has 0 amide bonds. The number of aryl methyl sites for hydroxylation is 1. The summed E-state index contributed by atoms with van der Waals surface area (Å²) in [5, 5.41) is 10.7. The molecule has 2 aromatic heterocycles. The summed E-state index contributed by atoms with van der Waals surface area (Å²) in [6.45, 7) is 0. The average Bonchev–Trinajstić information content (AvgIpc) is 2.94. The SMILES string of the molecule is Cn1c(=O)n(C2C3CC4CC(O)(C3)CC42)c2nc(Cl)ncc21. The molecule has 2 aromatic rings. The molecule has 22 heavy (non-hydrogen) atoms. The highest BCUT2D eigenvalue weighted by Crippen LogP contribution is 2.64. The maximum Gasteiger partial charge on any atom is 0.330 e. The minimum absolute atomic E-state index is 0.0560. The van der Waals surface area contributed by atoms with Crippen LogP contribution in [-0.4, -0.2) is 29.8 Å². The fourth-order valence-corrected chi connectivity index (χ4v) is 5.64. The van der Waals surface area contributed by atoms with Gasteiger partial charge in [0.05, 0.1) is 11.8 Å². The van der Waals surface area contributed by atoms with E-state index < -0.39 is 5.60 Å². The molecule has 0 radical (unpaired) electrons. The monoisotopic (exact) mass is 320 g/mol. The number of hydrogen-bond donors (Lipinski definition) is 1. The van der Waals surface area contributed by atoms with E-state index in [1.807, 2.05) is 4.57 Å². The topological polar surface area (TPSA) is 72.9 Å². The van der Waals surface area contributed by atoms with E-state index in [0.717, 1.165) is 25.7 Å². The van der Waals surface area contributed by atoms with E-state index in [9.17, 15) is 9.90 Å². The molecular formula is C15H17ClN4O2. The van der Waals surface area contributed by atoms with Gasteiger partial charge in [-0.2, -0.15) is 4.98 Å². The maximum absolute atomic E-state index is 12.8. The van der Waals surface area contributed by atoms with Crippen LogP contribution in [0.25, 0.3) is 11.2 Å². The lowest BCUT2D eigenvalue weighted by molar-refractivity contribution is -0.0244. The number of fused-ring (bicyclic) bond motifs is 1. The van der Waals surface area contributed by atoms with Crippen LogP contribution < -0.4 is 5.69 Å². The van der Waals surface area contributed by atoms with E-state index in [2.05, 4.69) is 9.97 Å². The molecule has 4 bridgehead atoms. The first-order valence-electron chi connectivity index (χ1n) is 7.79. The lowest BCUT2D eigenvalue weighted by Gasteiger charge is -2.38. The van der Waals surface area contributed by atoms with E-state index >= 15 is 0 Å². The number of halogens is 1. The Hall–Kier alpha value is -1.40. The van der Waals surface area contributed by atoms with Crippen molar-refractivity contribution in [2.45, 2.75) is 37.3 Å². The molecule has 5 unspecified atom stereocenters. The van der Waals surface area contributed by atoms with Gasteiger partial charge in [0.1, 0.15) is 5.52 Å². The van der Waals surface area contributed by atoms with Gasteiger partial charge in [0.15, 0.2) is 5.65 Å². The zero-order valence-corrected chi connectivity index (χ0v) is 13.0. The van der Waals surface area contributed by atoms with Crippen molar-refractivity contribution in [1.82, 2.24) is 19.1 Å². The summed E-state index contributed by atoms with van der Waals surface area (Å²) in [6.07, 6.45) is 5.22. The van der Waals surface area contributed by atoms with Crippen molar-refractivity contribution < 1.29 is 5.11 Å². The van der Waals surface area contributed by atoms with Crippen molar-refractivity contribution in [2.24, 2.45) is 24.8 Å². The predicted molar refractivity (Wildman–Crippen MR) is 80.7 cm³/mol. The number of hydrogen-bond acceptors (Lipinski definition) is 4. The van der Waals surface area contributed by atoms with Gasteiger partial charge < -0.3 is 5.11 Å². The van der Waals surface area contributed by atoms with Crippen LogP contribution in [0.15, 0.2) is 11.0 Å². The number of rotatable bonds is 1. The Morgan fingerprint density at radius 1 is 1.36 bits per heavy atom. The van der Waals surface area contributed by atoms with Gasteiger partial charge in [0.25, 0.3) is 0 Å². The molecule has 4 aliphatic rings. The molecule has 0 aliphatic heterocycles. The summed E-state index contributed by atoms with van der Waals surface area (Å²) in [7, 11) is 1.75. The van der Waals surface area contributed by atoms with Gasteiger partial charge in [-0.1, -0.05) is 0 Å². The average molecular weight is 321 g/mol. The van der Waals surface area contributed by atoms with Crippen LogP contribution in [0.1, 0.15) is 31.7 Å². The second-order valence-corrected chi connectivity index (χ2v) is 7.64. The molecule has 7 heteroatoms. The fourth-order valence-electron chi connectivity index (χ4n) is 5.51. The van der Waals surface area contributed by atoms with Crippen LogP contribution in [0.3, 0.4) is 0 Å². The summed E-state index contributed by atoms with van der Waals surface area (Å²) in [5.41, 5.74) is 0.792. The molecule has 4 fully saturated rings. The number of aromatic nitrogens is 4. The second-order valence-electron chi connectivity index (χ2n) is 7.31. The molecule has 0 saturated heterocycles. The zero-order chi connectivity index (χ0) is 15.2. The highest BCUT2D eigenvalue weighted by atomic mass is 35.5. The van der Waals surface area contributed by atoms with E-state index in [1.54, 1.807) is 17.8 Å². The molecule has 4 aliphatic carbocycles. The van der Waals surface area contributed by atoms with Crippen molar-refractivity contribution in [3.8, 4) is 0 Å². The van der Waals surface area contributed by atoms with E-state index in [-0.39, 0.29) is 17.0 Å². The summed E-state index contributed by atoms with van der Waals surface area (Å²) in [4.78, 5) is 21.1. The fraction of sp³-hybridized carbons (Fsp3) is 0.667. The molecule has 2 heterocycles. The molecule has 0 spiro atoms. The van der Waals surface area contributed by atoms with Crippen LogP contribution >= 0.6 is 11.6 Å². The van der Waals surface area contributed by atoms with Gasteiger partial charge in [-0.25, -0.2) is 9.78 Å². The van der Waals surface area contributed by atoms with E-state index in [0.29, 0.717) is 28.9 Å². The third-order valence-corrected chi connectivity index (χ3v) is 6.32. The Morgan fingerprint density at radius 2 is 2.14 bits per heavy atom. The predicted octanol–water partition coefficient (Wildman–Crippen LogP) is 1.51. The number of aliphatic hydroxyl groups is 1. The van der Waals surface area contributed by atoms with Crippen molar-refractivity contribution in [2.75, 3.05) is 0 Å². The smallest absolute Gasteiger partial charge is 0.330 e. The minimum atomic E-state index is -0.491. The second kappa shape index (κ2) is 3.92. The van der Waals surface area contributed by atoms with Crippen LogP contribution in [-0.2, 0) is 7.05 Å². The molecular weight excluding hydrogens is 304 g/mol. The third kappa shape index (κ3) is 1.47. The summed E-state index contributed by atoms with van der Waals surface area (Å²) in [6, 6.07) is 0.134. The quantitative estimate of drug-likeness (QED) is 0.808. The van der Waals surface area contributed by atoms with Crippen LogP contribution in [0, 0.1) is 17.8 Å². The Labute approximate surface area is 131 Å². The molecule has 6 rings (SSSR count). The maximum atomic E-state index is 12.8. The standard InChI is InChI=1S/C15H17ClN4O2/c1-19-10-6-17-13(16)18-12(10)20(14(19)21)11-8-2-7-3-15(22,4-8)5-9(7)11/h6-9,11,22H,2-5H2,1H3. The summed E-state index contributed by atoms with van der Waals surface area (Å²) >= 11 is 5.95. The first-order chi connectivity index (χ1) is 10.5. The van der Waals surface area contributed by atoms with Gasteiger partial charge >= 0.3 is 5.69 Å². The third-order valence-electron chi connectivity index (χ3n) is 6.13. The number of nitrogens with zero attached hydrogens (tertiary/aromatic N) is 4. The molecule has 6 nitrogen and oxygen atoms in total. The van der Waals surface area contributed by atoms with Crippen molar-refractivity contribution in [3.05, 3.63) is 22.0 Å². The molecule has 0 aromatic carbocycles. The molecule has 4 saturated carbocycles. The molecule has 1 N–H and O–H groups in total.